The molecular weight excluding hydrogens is 625 g/mol. The maximum Gasteiger partial charge on any atom is -0.00261 e. The van der Waals surface area contributed by atoms with Crippen LogP contribution < -0.4 is 0 Å². The van der Waals surface area contributed by atoms with Crippen LogP contribution in [0.25, 0.3) is 98.7 Å². The summed E-state index contributed by atoms with van der Waals surface area (Å²) in [5.41, 5.74) is 12.4. The third-order valence-electron chi connectivity index (χ3n) is 10.7. The van der Waals surface area contributed by atoms with Crippen molar-refractivity contribution in [1.29, 1.82) is 0 Å². The van der Waals surface area contributed by atoms with Crippen LogP contribution in [-0.2, 0) is 0 Å². The minimum atomic E-state index is 1.20. The van der Waals surface area contributed by atoms with E-state index in [1.54, 1.807) is 0 Å². The van der Waals surface area contributed by atoms with E-state index in [0.717, 1.165) is 0 Å². The van der Waals surface area contributed by atoms with E-state index >= 15 is 0 Å². The van der Waals surface area contributed by atoms with Crippen LogP contribution in [0.3, 0.4) is 0 Å². The van der Waals surface area contributed by atoms with E-state index in [0.29, 0.717) is 0 Å². The van der Waals surface area contributed by atoms with Gasteiger partial charge in [-0.15, -0.1) is 0 Å². The van der Waals surface area contributed by atoms with Crippen LogP contribution in [0, 0.1) is 0 Å². The maximum atomic E-state index is 2.44. The molecule has 0 unspecified atom stereocenters. The third kappa shape index (κ3) is 5.00. The zero-order chi connectivity index (χ0) is 34.4. The molecule has 0 bridgehead atoms. The molecule has 0 N–H and O–H groups in total. The minimum Gasteiger partial charge on any atom is -0.0622 e. The highest BCUT2D eigenvalue weighted by atomic mass is 14.2. The monoisotopic (exact) mass is 658 g/mol. The highest BCUT2D eigenvalue weighted by molar-refractivity contribution is 6.21. The summed E-state index contributed by atoms with van der Waals surface area (Å²) < 4.78 is 0. The molecule has 10 aromatic carbocycles. The van der Waals surface area contributed by atoms with Crippen molar-refractivity contribution in [3.63, 3.8) is 0 Å². The van der Waals surface area contributed by atoms with Crippen LogP contribution in [-0.4, -0.2) is 0 Å². The smallest absolute Gasteiger partial charge is 0.00261 e. The Morgan fingerprint density at radius 2 is 0.596 bits per heavy atom. The number of rotatable bonds is 5. The molecule has 0 fully saturated rings. The first-order chi connectivity index (χ1) is 25.8. The maximum absolute atomic E-state index is 2.44. The normalized spacial score (nSPS) is 11.5. The highest BCUT2D eigenvalue weighted by Crippen LogP contribution is 2.46. The van der Waals surface area contributed by atoms with Crippen molar-refractivity contribution >= 4 is 43.1 Å². The van der Waals surface area contributed by atoms with Gasteiger partial charge in [-0.1, -0.05) is 200 Å². The van der Waals surface area contributed by atoms with E-state index in [4.69, 9.17) is 0 Å². The number of hydrogen-bond acceptors (Lipinski definition) is 0. The van der Waals surface area contributed by atoms with Gasteiger partial charge in [-0.3, -0.25) is 0 Å². The van der Waals surface area contributed by atoms with Crippen molar-refractivity contribution in [2.75, 3.05) is 0 Å². The molecule has 0 heterocycles. The summed E-state index contributed by atoms with van der Waals surface area (Å²) in [5.74, 6) is 0. The summed E-state index contributed by atoms with van der Waals surface area (Å²) in [6.45, 7) is 0. The summed E-state index contributed by atoms with van der Waals surface area (Å²) >= 11 is 0. The molecule has 0 nitrogen and oxygen atoms in total. The lowest BCUT2D eigenvalue weighted by molar-refractivity contribution is 1.58. The largest absolute Gasteiger partial charge is 0.0622 e. The van der Waals surface area contributed by atoms with Crippen LogP contribution >= 0.6 is 0 Å². The molecule has 52 heavy (non-hydrogen) atoms. The quantitative estimate of drug-likeness (QED) is 0.161. The molecule has 0 spiro atoms. The first-order valence-corrected chi connectivity index (χ1v) is 18.0. The topological polar surface area (TPSA) is 0 Å². The Morgan fingerprint density at radius 1 is 0.192 bits per heavy atom. The molecular formula is C52H34. The van der Waals surface area contributed by atoms with E-state index in [2.05, 4.69) is 206 Å². The average Bonchev–Trinajstić information content (AvgIpc) is 3.22. The van der Waals surface area contributed by atoms with Crippen LogP contribution in [0.5, 0.6) is 0 Å². The van der Waals surface area contributed by atoms with Crippen molar-refractivity contribution in [3.05, 3.63) is 206 Å². The predicted molar refractivity (Wildman–Crippen MR) is 224 cm³/mol. The van der Waals surface area contributed by atoms with E-state index in [9.17, 15) is 0 Å². The number of hydrogen-bond donors (Lipinski definition) is 0. The number of benzene rings is 10. The van der Waals surface area contributed by atoms with Crippen molar-refractivity contribution < 1.29 is 0 Å². The molecule has 10 aromatic rings. The molecule has 0 amide bonds. The van der Waals surface area contributed by atoms with Gasteiger partial charge >= 0.3 is 0 Å². The van der Waals surface area contributed by atoms with E-state index in [1.165, 1.54) is 98.7 Å². The minimum absolute atomic E-state index is 1.20. The fourth-order valence-electron chi connectivity index (χ4n) is 8.30. The van der Waals surface area contributed by atoms with Gasteiger partial charge < -0.3 is 0 Å². The fourth-order valence-corrected chi connectivity index (χ4v) is 8.30. The molecule has 0 aliphatic heterocycles. The van der Waals surface area contributed by atoms with Crippen molar-refractivity contribution in [3.8, 4) is 55.6 Å². The molecule has 10 rings (SSSR count). The van der Waals surface area contributed by atoms with Gasteiger partial charge in [-0.2, -0.15) is 0 Å². The summed E-state index contributed by atoms with van der Waals surface area (Å²) in [6, 6.07) is 75.5. The lowest BCUT2D eigenvalue weighted by Crippen LogP contribution is -1.93. The van der Waals surface area contributed by atoms with Crippen LogP contribution in [0.4, 0.5) is 0 Å². The van der Waals surface area contributed by atoms with Gasteiger partial charge in [-0.25, -0.2) is 0 Å². The molecule has 0 saturated heterocycles. The van der Waals surface area contributed by atoms with E-state index < -0.39 is 0 Å². The first kappa shape index (κ1) is 30.1. The second-order valence-electron chi connectivity index (χ2n) is 13.6. The fraction of sp³-hybridized carbons (Fsp3) is 0. The third-order valence-corrected chi connectivity index (χ3v) is 10.7. The Bertz CT molecular complexity index is 2860. The zero-order valence-electron chi connectivity index (χ0n) is 28.6. The average molecular weight is 659 g/mol. The van der Waals surface area contributed by atoms with Gasteiger partial charge in [0.25, 0.3) is 0 Å². The van der Waals surface area contributed by atoms with Crippen LogP contribution in [0.15, 0.2) is 206 Å². The first-order valence-electron chi connectivity index (χ1n) is 18.0. The van der Waals surface area contributed by atoms with Gasteiger partial charge in [0.1, 0.15) is 0 Å². The van der Waals surface area contributed by atoms with E-state index in [-0.39, 0.29) is 0 Å². The summed E-state index contributed by atoms with van der Waals surface area (Å²) in [7, 11) is 0. The van der Waals surface area contributed by atoms with Crippen LogP contribution in [0.1, 0.15) is 0 Å². The Hall–Kier alpha value is -6.76. The zero-order valence-corrected chi connectivity index (χ0v) is 28.6. The lowest BCUT2D eigenvalue weighted by atomic mass is 9.83. The highest BCUT2D eigenvalue weighted by Gasteiger charge is 2.19. The molecule has 0 aromatic heterocycles. The second kappa shape index (κ2) is 12.5. The van der Waals surface area contributed by atoms with Crippen molar-refractivity contribution in [1.82, 2.24) is 0 Å². The Morgan fingerprint density at radius 3 is 1.17 bits per heavy atom. The standard InChI is InChI=1S/C52H34/c1-2-16-39(17-3-1)51-46-22-8-10-24-48(46)52(49-25-11-9-23-47(49)51)40-32-33-44(50(34-40)45-27-13-19-36-15-5-7-21-43(36)45)38-30-28-37(29-31-38)42-26-12-18-35-14-4-6-20-41(35)42/h1-34H. The predicted octanol–water partition coefficient (Wildman–Crippen LogP) is 14.6. The second-order valence-corrected chi connectivity index (χ2v) is 13.6. The van der Waals surface area contributed by atoms with Gasteiger partial charge in [0.2, 0.25) is 0 Å². The van der Waals surface area contributed by atoms with Crippen molar-refractivity contribution in [2.45, 2.75) is 0 Å². The summed E-state index contributed by atoms with van der Waals surface area (Å²) in [5, 5.41) is 10.1. The molecule has 0 aliphatic rings. The molecule has 0 saturated carbocycles. The Kier molecular flexibility index (Phi) is 7.25. The van der Waals surface area contributed by atoms with E-state index in [1.807, 2.05) is 0 Å². The Labute approximate surface area is 303 Å². The Balaban J connectivity index is 1.21. The van der Waals surface area contributed by atoms with Gasteiger partial charge in [0, 0.05) is 0 Å². The SMILES string of the molecule is c1ccc(-c2c3ccccc3c(-c3ccc(-c4ccc(-c5cccc6ccccc56)cc4)c(-c4cccc5ccccc45)c3)c3ccccc23)cc1. The lowest BCUT2D eigenvalue weighted by Gasteiger charge is -2.20. The molecule has 0 atom stereocenters. The number of fused-ring (bicyclic) bond motifs is 4. The van der Waals surface area contributed by atoms with Gasteiger partial charge in [0.05, 0.1) is 0 Å². The van der Waals surface area contributed by atoms with Crippen molar-refractivity contribution in [2.24, 2.45) is 0 Å². The molecule has 0 heteroatoms. The summed E-state index contributed by atoms with van der Waals surface area (Å²) in [4.78, 5) is 0. The summed E-state index contributed by atoms with van der Waals surface area (Å²) in [6.07, 6.45) is 0. The molecule has 242 valence electrons. The van der Waals surface area contributed by atoms with Gasteiger partial charge in [0.15, 0.2) is 0 Å². The molecule has 0 radical (unpaired) electrons. The van der Waals surface area contributed by atoms with Gasteiger partial charge in [-0.05, 0) is 105 Å². The van der Waals surface area contributed by atoms with Crippen LogP contribution in [0.2, 0.25) is 0 Å². The molecule has 0 aliphatic carbocycles.